The summed E-state index contributed by atoms with van der Waals surface area (Å²) in [5.74, 6) is 0. The molecule has 0 bridgehead atoms. The number of aliphatic hydroxyl groups is 4. The predicted molar refractivity (Wildman–Crippen MR) is 50.6 cm³/mol. The molecule has 14 heavy (non-hydrogen) atoms. The number of hydrogen-bond donors (Lipinski definition) is 7. The minimum Gasteiger partial charge on any atom is -0.361 e. The lowest BCUT2D eigenvalue weighted by Crippen LogP contribution is -2.10. The third-order valence-electron chi connectivity index (χ3n) is 1.20. The zero-order valence-electron chi connectivity index (χ0n) is 8.26. The van der Waals surface area contributed by atoms with Crippen LogP contribution in [0.25, 0.3) is 0 Å². The van der Waals surface area contributed by atoms with Crippen molar-refractivity contribution in [1.82, 2.24) is 0 Å². The summed E-state index contributed by atoms with van der Waals surface area (Å²) in [4.78, 5) is 21.6. The van der Waals surface area contributed by atoms with Gasteiger partial charge in [-0.05, 0) is 0 Å². The lowest BCUT2D eigenvalue weighted by molar-refractivity contribution is 0.275. The molecule has 0 radical (unpaired) electrons. The Morgan fingerprint density at radius 2 is 1.00 bits per heavy atom. The molecule has 0 rings (SSSR count). The molecule has 0 atom stereocenters. The Labute approximate surface area is 82.5 Å². The van der Waals surface area contributed by atoms with Crippen LogP contribution in [-0.4, -0.2) is 60.5 Å². The molecule has 7 N–H and O–H groups in total. The maximum absolute atomic E-state index is 8.88. The first-order valence-electron chi connectivity index (χ1n) is 3.31. The van der Waals surface area contributed by atoms with Gasteiger partial charge in [-0.3, -0.25) is 0 Å². The van der Waals surface area contributed by atoms with Crippen molar-refractivity contribution >= 4 is 15.1 Å². The van der Waals surface area contributed by atoms with Crippen molar-refractivity contribution in [1.29, 1.82) is 0 Å². The Morgan fingerprint density at radius 3 is 1.00 bits per heavy atom. The van der Waals surface area contributed by atoms with Gasteiger partial charge in [-0.1, -0.05) is 0 Å². The van der Waals surface area contributed by atoms with E-state index in [1.807, 2.05) is 0 Å². The van der Waals surface area contributed by atoms with E-state index >= 15 is 0 Å². The quantitative estimate of drug-likeness (QED) is 0.283. The molecule has 0 saturated carbocycles. The molecule has 0 aromatic rings. The van der Waals surface area contributed by atoms with E-state index in [0.29, 0.717) is 0 Å². The standard InChI is InChI=1S/C4H12O4P.H3O4P/c5-1-9(2-6,3-7)4-8;1-5(2,3)4/h5-8H,1-4H2;(H3,1,2,3,4)/q+1;/p+1. The zero-order valence-corrected chi connectivity index (χ0v) is 9.05. The molecule has 0 saturated heterocycles. The predicted octanol–water partition coefficient (Wildman–Crippen LogP) is -2.01. The number of hydrogen-bond acceptors (Lipinski definition) is 5. The Balaban J connectivity index is -0.000000208. The fraction of sp³-hybridized carbons (Fsp3) is 1.00. The Hall–Kier alpha value is 0.380. The third kappa shape index (κ3) is 10.5. The van der Waals surface area contributed by atoms with Gasteiger partial charge in [-0.15, -0.1) is 0 Å². The van der Waals surface area contributed by atoms with Crippen molar-refractivity contribution in [2.24, 2.45) is 0 Å². The molecule has 0 unspecified atom stereocenters. The summed E-state index contributed by atoms with van der Waals surface area (Å²) in [6.07, 6.45) is -1.18. The molecule has 0 spiro atoms. The minimum atomic E-state index is -4.64. The second-order valence-electron chi connectivity index (χ2n) is 2.42. The summed E-state index contributed by atoms with van der Waals surface area (Å²) in [6, 6.07) is 0. The fourth-order valence-electron chi connectivity index (χ4n) is 0.268. The highest BCUT2D eigenvalue weighted by molar-refractivity contribution is 7.75. The Bertz CT molecular complexity index is 154. The first kappa shape index (κ1) is 16.8. The number of aliphatic hydroxyl groups excluding tert-OH is 4. The van der Waals surface area contributed by atoms with E-state index in [0.717, 1.165) is 0 Å². The van der Waals surface area contributed by atoms with Gasteiger partial charge in [0, 0.05) is 0 Å². The number of phosphoric acid groups is 1. The van der Waals surface area contributed by atoms with Crippen LogP contribution in [0.2, 0.25) is 0 Å². The molecule has 88 valence electrons. The summed E-state index contributed by atoms with van der Waals surface area (Å²) >= 11 is 0. The molecule has 0 aliphatic rings. The topological polar surface area (TPSA) is 159 Å². The molecular weight excluding hydrogens is 238 g/mol. The molecule has 0 aromatic carbocycles. The second kappa shape index (κ2) is 7.64. The van der Waals surface area contributed by atoms with Crippen LogP contribution in [0.4, 0.5) is 0 Å². The van der Waals surface area contributed by atoms with Crippen LogP contribution in [0.5, 0.6) is 0 Å². The van der Waals surface area contributed by atoms with Crippen LogP contribution in [0, 0.1) is 0 Å². The lowest BCUT2D eigenvalue weighted by Gasteiger charge is -2.15. The van der Waals surface area contributed by atoms with Crippen molar-refractivity contribution in [2.75, 3.05) is 25.4 Å². The average Bonchev–Trinajstić information content (AvgIpc) is 2.07. The molecule has 0 aliphatic carbocycles. The summed E-state index contributed by atoms with van der Waals surface area (Å²) < 4.78 is 8.88. The average molecular weight is 254 g/mol. The van der Waals surface area contributed by atoms with Crippen molar-refractivity contribution in [3.8, 4) is 0 Å². The molecule has 0 amide bonds. The highest BCUT2D eigenvalue weighted by Crippen LogP contribution is 2.54. The van der Waals surface area contributed by atoms with Gasteiger partial charge >= 0.3 is 9.25 Å². The molecule has 0 fully saturated rings. The van der Waals surface area contributed by atoms with Crippen LogP contribution in [0.3, 0.4) is 0 Å². The maximum Gasteiger partial charge on any atom is 1.00 e. The van der Waals surface area contributed by atoms with Crippen LogP contribution < -0.4 is 0 Å². The maximum atomic E-state index is 8.88. The third-order valence-corrected chi connectivity index (χ3v) is 3.60. The molecule has 8 nitrogen and oxygen atoms in total. The summed E-state index contributed by atoms with van der Waals surface area (Å²) in [5, 5.41) is 34.2. The van der Waals surface area contributed by atoms with E-state index in [1.54, 1.807) is 0 Å². The molecule has 0 heterocycles. The van der Waals surface area contributed by atoms with Gasteiger partial charge in [-0.25, -0.2) is 4.57 Å². The van der Waals surface area contributed by atoms with E-state index in [9.17, 15) is 0 Å². The number of rotatable bonds is 4. The summed E-state index contributed by atoms with van der Waals surface area (Å²) in [6.45, 7) is 0. The highest BCUT2D eigenvalue weighted by atomic mass is 31.2. The van der Waals surface area contributed by atoms with E-state index < -0.39 is 15.1 Å². The fourth-order valence-corrected chi connectivity index (χ4v) is 0.805. The molecule has 10 heteroatoms. The first-order chi connectivity index (χ1) is 6.24. The highest BCUT2D eigenvalue weighted by Gasteiger charge is 2.34. The van der Waals surface area contributed by atoms with Gasteiger partial charge in [0.1, 0.15) is 7.26 Å². The first-order valence-corrected chi connectivity index (χ1v) is 7.41. The Morgan fingerprint density at radius 1 is 0.857 bits per heavy atom. The zero-order chi connectivity index (χ0) is 11.8. The van der Waals surface area contributed by atoms with Gasteiger partial charge in [-0.2, -0.15) is 0 Å². The lowest BCUT2D eigenvalue weighted by atomic mass is 11.6. The second-order valence-corrected chi connectivity index (χ2v) is 7.26. The smallest absolute Gasteiger partial charge is 0.361 e. The van der Waals surface area contributed by atoms with Crippen molar-refractivity contribution in [3.63, 3.8) is 0 Å². The summed E-state index contributed by atoms with van der Waals surface area (Å²) in [5.41, 5.74) is 0. The normalized spacial score (nSPS) is 11.9. The molecular formula is C4H16O8P2+2. The van der Waals surface area contributed by atoms with Gasteiger partial charge in [0.15, 0.2) is 25.4 Å². The van der Waals surface area contributed by atoms with Crippen LogP contribution in [0.15, 0.2) is 0 Å². The van der Waals surface area contributed by atoms with Gasteiger partial charge in [0.25, 0.3) is 0 Å². The van der Waals surface area contributed by atoms with E-state index in [1.165, 1.54) is 0 Å². The molecule has 0 aliphatic heterocycles. The largest absolute Gasteiger partial charge is 1.00 e. The molecule has 0 aromatic heterocycles. The summed E-state index contributed by atoms with van der Waals surface area (Å²) in [7, 11) is -6.84. The van der Waals surface area contributed by atoms with Crippen molar-refractivity contribution in [3.05, 3.63) is 0 Å². The monoisotopic (exact) mass is 254 g/mol. The van der Waals surface area contributed by atoms with Gasteiger partial charge in [0.2, 0.25) is 0 Å². The Kier molecular flexibility index (Phi) is 9.17. The van der Waals surface area contributed by atoms with E-state index in [4.69, 9.17) is 39.7 Å². The minimum absolute atomic E-state index is 0. The van der Waals surface area contributed by atoms with Gasteiger partial charge < -0.3 is 35.1 Å². The SMILES string of the molecule is O=P(O)(O)O.OC[P+](CO)(CO)CO.[H+]. The van der Waals surface area contributed by atoms with Crippen molar-refractivity contribution in [2.45, 2.75) is 0 Å². The van der Waals surface area contributed by atoms with Gasteiger partial charge in [0.05, 0.1) is 0 Å². The van der Waals surface area contributed by atoms with Crippen molar-refractivity contribution < 1.29 is 41.1 Å². The van der Waals surface area contributed by atoms with Crippen LogP contribution >= 0.6 is 15.1 Å². The van der Waals surface area contributed by atoms with Crippen LogP contribution in [0.1, 0.15) is 1.43 Å². The van der Waals surface area contributed by atoms with E-state index in [2.05, 4.69) is 0 Å². The van der Waals surface area contributed by atoms with Crippen LogP contribution in [-0.2, 0) is 4.57 Å². The van der Waals surface area contributed by atoms with E-state index in [-0.39, 0.29) is 26.8 Å².